The highest BCUT2D eigenvalue weighted by Crippen LogP contribution is 2.28. The first-order valence-corrected chi connectivity index (χ1v) is 9.60. The highest BCUT2D eigenvalue weighted by molar-refractivity contribution is 5.81. The molecule has 1 saturated carbocycles. The molecular formula is C20H33N5O. The number of hydrogen-bond donors (Lipinski definition) is 3. The first-order valence-electron chi connectivity index (χ1n) is 9.60. The number of carbonyl (C=O) groups excluding carboxylic acids is 1. The second-order valence-corrected chi connectivity index (χ2v) is 7.02. The fraction of sp³-hybridized carbons (Fsp3) is 0.600. The Balaban J connectivity index is 1.80. The van der Waals surface area contributed by atoms with Crippen LogP contribution in [0.4, 0.5) is 0 Å². The van der Waals surface area contributed by atoms with E-state index in [2.05, 4.69) is 66.1 Å². The van der Waals surface area contributed by atoms with Crippen molar-refractivity contribution in [1.82, 2.24) is 20.9 Å². The van der Waals surface area contributed by atoms with Crippen molar-refractivity contribution in [3.05, 3.63) is 35.9 Å². The summed E-state index contributed by atoms with van der Waals surface area (Å²) in [5.41, 5.74) is 1.32. The van der Waals surface area contributed by atoms with E-state index in [0.717, 1.165) is 31.8 Å². The molecule has 6 nitrogen and oxygen atoms in total. The molecule has 26 heavy (non-hydrogen) atoms. The minimum Gasteiger partial charge on any atom is -0.357 e. The highest BCUT2D eigenvalue weighted by atomic mass is 16.2. The maximum absolute atomic E-state index is 11.6. The molecule has 0 aromatic heterocycles. The van der Waals surface area contributed by atoms with Gasteiger partial charge in [0.1, 0.15) is 0 Å². The number of aliphatic imine (C=N–C) groups is 1. The van der Waals surface area contributed by atoms with E-state index in [4.69, 9.17) is 4.99 Å². The topological polar surface area (TPSA) is 68.8 Å². The van der Waals surface area contributed by atoms with Crippen LogP contribution in [0.1, 0.15) is 25.3 Å². The first kappa shape index (κ1) is 20.2. The summed E-state index contributed by atoms with van der Waals surface area (Å²) in [7, 11) is 4.19. The van der Waals surface area contributed by atoms with Crippen molar-refractivity contribution in [2.75, 3.05) is 40.3 Å². The van der Waals surface area contributed by atoms with Gasteiger partial charge in [0.25, 0.3) is 0 Å². The monoisotopic (exact) mass is 359 g/mol. The van der Waals surface area contributed by atoms with Gasteiger partial charge in [-0.15, -0.1) is 0 Å². The number of likely N-dealkylation sites (N-methyl/N-ethyl adjacent to an activating group) is 1. The van der Waals surface area contributed by atoms with Gasteiger partial charge in [-0.05, 0) is 45.8 Å². The third-order valence-corrected chi connectivity index (χ3v) is 4.51. The molecule has 1 aliphatic carbocycles. The molecule has 0 saturated heterocycles. The van der Waals surface area contributed by atoms with Crippen molar-refractivity contribution < 1.29 is 4.79 Å². The van der Waals surface area contributed by atoms with Crippen LogP contribution >= 0.6 is 0 Å². The predicted molar refractivity (Wildman–Crippen MR) is 107 cm³/mol. The Kier molecular flexibility index (Phi) is 8.41. The highest BCUT2D eigenvalue weighted by Gasteiger charge is 2.28. The maximum atomic E-state index is 11.6. The van der Waals surface area contributed by atoms with Crippen LogP contribution in [0.3, 0.4) is 0 Å². The Morgan fingerprint density at radius 3 is 2.46 bits per heavy atom. The van der Waals surface area contributed by atoms with Gasteiger partial charge in [0.15, 0.2) is 5.96 Å². The number of hydrogen-bond acceptors (Lipinski definition) is 3. The summed E-state index contributed by atoms with van der Waals surface area (Å²) in [5.74, 6) is 1.24. The molecule has 0 bridgehead atoms. The van der Waals surface area contributed by atoms with Crippen LogP contribution in [0.25, 0.3) is 0 Å². The molecule has 1 unspecified atom stereocenters. The van der Waals surface area contributed by atoms with E-state index < -0.39 is 0 Å². The smallest absolute Gasteiger partial charge is 0.223 e. The fourth-order valence-electron chi connectivity index (χ4n) is 2.69. The standard InChI is InChI=1S/C20H33N5O/c1-4-21-20(23-13-12-22-19(26)17-10-11-17)24-15-18(25(2)3)14-16-8-6-5-7-9-16/h5-9,17-18H,4,10-15H2,1-3H3,(H,22,26)(H2,21,23,24). The summed E-state index contributed by atoms with van der Waals surface area (Å²) in [6, 6.07) is 10.8. The quantitative estimate of drug-likeness (QED) is 0.334. The number of carbonyl (C=O) groups is 1. The van der Waals surface area contributed by atoms with Crippen molar-refractivity contribution in [3.8, 4) is 0 Å². The molecule has 1 aliphatic rings. The molecular weight excluding hydrogens is 326 g/mol. The summed E-state index contributed by atoms with van der Waals surface area (Å²) in [6.07, 6.45) is 3.04. The van der Waals surface area contributed by atoms with E-state index in [9.17, 15) is 4.79 Å². The van der Waals surface area contributed by atoms with Gasteiger partial charge in [-0.3, -0.25) is 9.79 Å². The SMILES string of the molecule is CCNC(=NCC(Cc1ccccc1)N(C)C)NCCNC(=O)C1CC1. The molecule has 1 aromatic rings. The molecule has 1 aromatic carbocycles. The van der Waals surface area contributed by atoms with Gasteiger partial charge in [0.2, 0.25) is 5.91 Å². The number of nitrogens with one attached hydrogen (secondary N) is 3. The van der Waals surface area contributed by atoms with E-state index >= 15 is 0 Å². The zero-order valence-corrected chi connectivity index (χ0v) is 16.3. The van der Waals surface area contributed by atoms with E-state index in [0.29, 0.717) is 25.7 Å². The molecule has 0 spiro atoms. The number of benzene rings is 1. The van der Waals surface area contributed by atoms with Crippen LogP contribution in [0, 0.1) is 5.92 Å². The largest absolute Gasteiger partial charge is 0.357 e. The molecule has 0 heterocycles. The van der Waals surface area contributed by atoms with Gasteiger partial charge in [-0.2, -0.15) is 0 Å². The lowest BCUT2D eigenvalue weighted by Crippen LogP contribution is -2.43. The van der Waals surface area contributed by atoms with Crippen LogP contribution < -0.4 is 16.0 Å². The van der Waals surface area contributed by atoms with Gasteiger partial charge in [-0.1, -0.05) is 30.3 Å². The zero-order valence-electron chi connectivity index (χ0n) is 16.3. The van der Waals surface area contributed by atoms with E-state index in [1.54, 1.807) is 0 Å². The Morgan fingerprint density at radius 2 is 1.85 bits per heavy atom. The molecule has 2 rings (SSSR count). The van der Waals surface area contributed by atoms with Crippen LogP contribution in [-0.4, -0.2) is 63.1 Å². The lowest BCUT2D eigenvalue weighted by Gasteiger charge is -2.23. The number of amides is 1. The van der Waals surface area contributed by atoms with Crippen molar-refractivity contribution in [2.24, 2.45) is 10.9 Å². The van der Waals surface area contributed by atoms with Gasteiger partial charge < -0.3 is 20.9 Å². The Morgan fingerprint density at radius 1 is 1.15 bits per heavy atom. The van der Waals surface area contributed by atoms with Gasteiger partial charge >= 0.3 is 0 Å². The summed E-state index contributed by atoms with van der Waals surface area (Å²) >= 11 is 0. The van der Waals surface area contributed by atoms with Crippen molar-refractivity contribution in [3.63, 3.8) is 0 Å². The average Bonchev–Trinajstić information content (AvgIpc) is 3.47. The number of rotatable bonds is 10. The van der Waals surface area contributed by atoms with Crippen molar-refractivity contribution in [1.29, 1.82) is 0 Å². The Bertz CT molecular complexity index is 569. The fourth-order valence-corrected chi connectivity index (χ4v) is 2.69. The summed E-state index contributed by atoms with van der Waals surface area (Å²) in [5, 5.41) is 9.54. The summed E-state index contributed by atoms with van der Waals surface area (Å²) in [4.78, 5) is 18.6. The van der Waals surface area contributed by atoms with Crippen LogP contribution in [0.5, 0.6) is 0 Å². The van der Waals surface area contributed by atoms with Crippen LogP contribution in [0.15, 0.2) is 35.3 Å². The average molecular weight is 360 g/mol. The second kappa shape index (κ2) is 10.8. The van der Waals surface area contributed by atoms with Crippen LogP contribution in [-0.2, 0) is 11.2 Å². The van der Waals surface area contributed by atoms with Crippen molar-refractivity contribution in [2.45, 2.75) is 32.2 Å². The minimum atomic E-state index is 0.185. The molecule has 6 heteroatoms. The molecule has 1 atom stereocenters. The van der Waals surface area contributed by atoms with E-state index in [-0.39, 0.29) is 11.8 Å². The van der Waals surface area contributed by atoms with Gasteiger partial charge in [0.05, 0.1) is 6.54 Å². The van der Waals surface area contributed by atoms with Gasteiger partial charge in [0, 0.05) is 31.6 Å². The van der Waals surface area contributed by atoms with E-state index in [1.807, 2.05) is 6.07 Å². The lowest BCUT2D eigenvalue weighted by molar-refractivity contribution is -0.122. The molecule has 3 N–H and O–H groups in total. The predicted octanol–water partition coefficient (Wildman–Crippen LogP) is 1.24. The Labute approximate surface area is 157 Å². The van der Waals surface area contributed by atoms with Crippen LogP contribution in [0.2, 0.25) is 0 Å². The third-order valence-electron chi connectivity index (χ3n) is 4.51. The van der Waals surface area contributed by atoms with Crippen molar-refractivity contribution >= 4 is 11.9 Å². The number of nitrogens with zero attached hydrogens (tertiary/aromatic N) is 2. The lowest BCUT2D eigenvalue weighted by atomic mass is 10.1. The molecule has 1 fully saturated rings. The summed E-state index contributed by atoms with van der Waals surface area (Å²) < 4.78 is 0. The second-order valence-electron chi connectivity index (χ2n) is 7.02. The number of guanidine groups is 1. The normalized spacial score (nSPS) is 15.6. The van der Waals surface area contributed by atoms with E-state index in [1.165, 1.54) is 5.56 Å². The first-order chi connectivity index (χ1) is 12.6. The minimum absolute atomic E-state index is 0.185. The molecule has 1 amide bonds. The zero-order chi connectivity index (χ0) is 18.8. The molecule has 144 valence electrons. The van der Waals surface area contributed by atoms with Gasteiger partial charge in [-0.25, -0.2) is 0 Å². The Hall–Kier alpha value is -2.08. The maximum Gasteiger partial charge on any atom is 0.223 e. The molecule has 0 aliphatic heterocycles. The third kappa shape index (κ3) is 7.44. The summed E-state index contributed by atoms with van der Waals surface area (Å²) in [6.45, 7) is 4.88. The molecule has 0 radical (unpaired) electrons.